The van der Waals surface area contributed by atoms with Gasteiger partial charge in [-0.2, -0.15) is 27.2 Å². The van der Waals surface area contributed by atoms with E-state index >= 15 is 0 Å². The Labute approximate surface area is 105 Å². The Morgan fingerprint density at radius 2 is 1.79 bits per heavy atom. The number of benzene rings is 1. The van der Waals surface area contributed by atoms with Gasteiger partial charge in [-0.05, 0) is 24.3 Å². The first-order valence-corrected chi connectivity index (χ1v) is 5.08. The Morgan fingerprint density at radius 1 is 1.21 bits per heavy atom. The third kappa shape index (κ3) is 4.99. The molecule has 0 bridgehead atoms. The normalized spacial score (nSPS) is 12.9. The second-order valence-corrected chi connectivity index (χ2v) is 3.51. The summed E-state index contributed by atoms with van der Waals surface area (Å²) in [7, 11) is 0. The van der Waals surface area contributed by atoms with E-state index in [1.165, 1.54) is 24.3 Å². The zero-order chi connectivity index (χ0) is 14.5. The summed E-state index contributed by atoms with van der Waals surface area (Å²) in [5, 5.41) is 10.8. The molecule has 8 heteroatoms. The third-order valence-corrected chi connectivity index (χ3v) is 2.14. The van der Waals surface area contributed by atoms with E-state index < -0.39 is 25.3 Å². The monoisotopic (exact) mass is 280 g/mol. The van der Waals surface area contributed by atoms with Crippen LogP contribution in [0.5, 0.6) is 5.75 Å². The van der Waals surface area contributed by atoms with Gasteiger partial charge in [0.15, 0.2) is 5.92 Å². The number of ether oxygens (including phenoxy) is 1. The molecule has 1 aromatic rings. The van der Waals surface area contributed by atoms with Crippen LogP contribution in [0.3, 0.4) is 0 Å². The van der Waals surface area contributed by atoms with E-state index in [9.17, 15) is 22.0 Å². The minimum Gasteiger partial charge on any atom is -0.435 e. The molecule has 0 saturated heterocycles. The number of nitrogens with one attached hydrogen (secondary N) is 1. The highest BCUT2D eigenvalue weighted by Crippen LogP contribution is 2.26. The molecule has 0 aliphatic rings. The Bertz CT molecular complexity index is 438. The molecule has 0 aliphatic carbocycles. The number of hydrogen-bond acceptors (Lipinski definition) is 3. The van der Waals surface area contributed by atoms with E-state index in [1.807, 2.05) is 0 Å². The van der Waals surface area contributed by atoms with Crippen LogP contribution in [0.25, 0.3) is 0 Å². The van der Waals surface area contributed by atoms with Crippen LogP contribution in [-0.4, -0.2) is 19.3 Å². The van der Waals surface area contributed by atoms with Crippen molar-refractivity contribution in [3.05, 3.63) is 24.3 Å². The maximum absolute atomic E-state index is 12.3. The topological polar surface area (TPSA) is 45.0 Å². The molecule has 0 amide bonds. The first-order chi connectivity index (χ1) is 8.82. The molecule has 0 spiro atoms. The van der Waals surface area contributed by atoms with Gasteiger partial charge in [0.05, 0.1) is 6.07 Å². The Kier molecular flexibility index (Phi) is 4.92. The summed E-state index contributed by atoms with van der Waals surface area (Å²) < 4.78 is 64.6. The average Bonchev–Trinajstić information content (AvgIpc) is 2.29. The zero-order valence-corrected chi connectivity index (χ0v) is 9.42. The minimum atomic E-state index is -4.61. The summed E-state index contributed by atoms with van der Waals surface area (Å²) in [6, 6.07) is 6.07. The Balaban J connectivity index is 2.57. The minimum absolute atomic E-state index is 0.104. The second kappa shape index (κ2) is 6.22. The van der Waals surface area contributed by atoms with Crippen LogP contribution < -0.4 is 10.1 Å². The molecule has 0 saturated carbocycles. The lowest BCUT2D eigenvalue weighted by molar-refractivity contribution is -0.155. The average molecular weight is 280 g/mol. The maximum Gasteiger partial charge on any atom is 0.406 e. The van der Waals surface area contributed by atoms with Gasteiger partial charge >= 0.3 is 12.8 Å². The fourth-order valence-corrected chi connectivity index (χ4v) is 1.21. The summed E-state index contributed by atoms with van der Waals surface area (Å²) in [5.74, 6) is -2.24. The lowest BCUT2D eigenvalue weighted by Gasteiger charge is -2.14. The number of nitrogens with zero attached hydrogens (tertiary/aromatic N) is 1. The number of anilines is 1. The van der Waals surface area contributed by atoms with E-state index in [0.717, 1.165) is 6.07 Å². The van der Waals surface area contributed by atoms with Crippen LogP contribution in [0, 0.1) is 17.2 Å². The standard InChI is InChI=1S/C11H9F5N2O/c12-10(13)19-9-3-1-8(2-4-9)18-6-7(5-17)11(14,15)16/h1-4,7,10,18H,6H2. The zero-order valence-electron chi connectivity index (χ0n) is 9.42. The molecule has 0 radical (unpaired) electrons. The van der Waals surface area contributed by atoms with Gasteiger partial charge in [-0.1, -0.05) is 0 Å². The lowest BCUT2D eigenvalue weighted by atomic mass is 10.1. The summed E-state index contributed by atoms with van der Waals surface area (Å²) >= 11 is 0. The van der Waals surface area contributed by atoms with E-state index in [2.05, 4.69) is 10.1 Å². The van der Waals surface area contributed by atoms with Crippen molar-refractivity contribution in [2.45, 2.75) is 12.8 Å². The molecule has 0 aliphatic heterocycles. The summed E-state index contributed by atoms with van der Waals surface area (Å²) in [4.78, 5) is 0. The predicted molar refractivity (Wildman–Crippen MR) is 56.7 cm³/mol. The van der Waals surface area contributed by atoms with Gasteiger partial charge in [0.2, 0.25) is 0 Å². The van der Waals surface area contributed by atoms with Crippen molar-refractivity contribution >= 4 is 5.69 Å². The van der Waals surface area contributed by atoms with Crippen LogP contribution in [0.4, 0.5) is 27.6 Å². The van der Waals surface area contributed by atoms with Crippen molar-refractivity contribution < 1.29 is 26.7 Å². The van der Waals surface area contributed by atoms with Crippen molar-refractivity contribution in [1.29, 1.82) is 5.26 Å². The Hall–Kier alpha value is -2.04. The number of rotatable bonds is 5. The quantitative estimate of drug-likeness (QED) is 0.841. The van der Waals surface area contributed by atoms with Gasteiger partial charge in [0.25, 0.3) is 0 Å². The molecule has 1 N–H and O–H groups in total. The number of hydrogen-bond donors (Lipinski definition) is 1. The molecule has 0 fully saturated rings. The molecule has 19 heavy (non-hydrogen) atoms. The van der Waals surface area contributed by atoms with Crippen LogP contribution in [0.2, 0.25) is 0 Å². The first kappa shape index (κ1) is 15.0. The first-order valence-electron chi connectivity index (χ1n) is 5.08. The highest BCUT2D eigenvalue weighted by molar-refractivity contribution is 5.46. The van der Waals surface area contributed by atoms with Crippen molar-refractivity contribution in [3.63, 3.8) is 0 Å². The van der Waals surface area contributed by atoms with Crippen LogP contribution in [-0.2, 0) is 0 Å². The fourth-order valence-electron chi connectivity index (χ4n) is 1.21. The van der Waals surface area contributed by atoms with Crippen molar-refractivity contribution in [3.8, 4) is 11.8 Å². The maximum atomic E-state index is 12.3. The lowest BCUT2D eigenvalue weighted by Crippen LogP contribution is -2.28. The highest BCUT2D eigenvalue weighted by atomic mass is 19.4. The van der Waals surface area contributed by atoms with Gasteiger partial charge in [-0.25, -0.2) is 0 Å². The second-order valence-electron chi connectivity index (χ2n) is 3.51. The SMILES string of the molecule is N#CC(CNc1ccc(OC(F)F)cc1)C(F)(F)F. The van der Waals surface area contributed by atoms with Gasteiger partial charge < -0.3 is 10.1 Å². The van der Waals surface area contributed by atoms with Gasteiger partial charge in [0.1, 0.15) is 5.75 Å². The summed E-state index contributed by atoms with van der Waals surface area (Å²) in [5.41, 5.74) is 0.270. The molecule has 104 valence electrons. The van der Waals surface area contributed by atoms with E-state index in [4.69, 9.17) is 5.26 Å². The van der Waals surface area contributed by atoms with Gasteiger partial charge in [-0.15, -0.1) is 0 Å². The number of alkyl halides is 5. The third-order valence-electron chi connectivity index (χ3n) is 2.14. The smallest absolute Gasteiger partial charge is 0.406 e. The molecule has 3 nitrogen and oxygen atoms in total. The van der Waals surface area contributed by atoms with Crippen LogP contribution in [0.15, 0.2) is 24.3 Å². The number of halogens is 5. The molecule has 1 rings (SSSR count). The molecular weight excluding hydrogens is 271 g/mol. The molecule has 0 heterocycles. The number of nitriles is 1. The van der Waals surface area contributed by atoms with Crippen molar-refractivity contribution in [1.82, 2.24) is 0 Å². The van der Waals surface area contributed by atoms with Crippen LogP contribution >= 0.6 is 0 Å². The Morgan fingerprint density at radius 3 is 2.21 bits per heavy atom. The summed E-state index contributed by atoms with van der Waals surface area (Å²) in [6.07, 6.45) is -4.61. The van der Waals surface area contributed by atoms with E-state index in [1.54, 1.807) is 0 Å². The summed E-state index contributed by atoms with van der Waals surface area (Å²) in [6.45, 7) is -3.58. The largest absolute Gasteiger partial charge is 0.435 e. The molecule has 1 atom stereocenters. The molecule has 1 unspecified atom stereocenters. The molecular formula is C11H9F5N2O. The van der Waals surface area contributed by atoms with Crippen LogP contribution in [0.1, 0.15) is 0 Å². The van der Waals surface area contributed by atoms with Gasteiger partial charge in [-0.3, -0.25) is 0 Å². The van der Waals surface area contributed by atoms with Crippen molar-refractivity contribution in [2.75, 3.05) is 11.9 Å². The van der Waals surface area contributed by atoms with E-state index in [0.29, 0.717) is 0 Å². The predicted octanol–water partition coefficient (Wildman–Crippen LogP) is 3.40. The highest BCUT2D eigenvalue weighted by Gasteiger charge is 2.39. The fraction of sp³-hybridized carbons (Fsp3) is 0.364. The van der Waals surface area contributed by atoms with Crippen molar-refractivity contribution in [2.24, 2.45) is 5.92 Å². The van der Waals surface area contributed by atoms with Gasteiger partial charge in [0, 0.05) is 12.2 Å². The molecule has 0 aromatic heterocycles. The van der Waals surface area contributed by atoms with E-state index in [-0.39, 0.29) is 11.4 Å². The molecule has 1 aromatic carbocycles.